The minimum atomic E-state index is -0.357. The Morgan fingerprint density at radius 1 is 1.33 bits per heavy atom. The molecule has 4 rings (SSSR count). The highest BCUT2D eigenvalue weighted by Crippen LogP contribution is 2.34. The molecule has 2 saturated heterocycles. The Kier molecular flexibility index (Phi) is 3.62. The third-order valence-electron chi connectivity index (χ3n) is 5.03. The number of anilines is 1. The van der Waals surface area contributed by atoms with Crippen LogP contribution in [0.1, 0.15) is 5.69 Å². The third-order valence-corrected chi connectivity index (χ3v) is 5.03. The highest BCUT2D eigenvalue weighted by atomic mass is 16.6. The van der Waals surface area contributed by atoms with E-state index in [1.165, 1.54) is 6.07 Å². The van der Waals surface area contributed by atoms with Crippen LogP contribution in [-0.4, -0.2) is 60.2 Å². The molecule has 0 spiro atoms. The number of fused-ring (bicyclic) bond motifs is 2. The summed E-state index contributed by atoms with van der Waals surface area (Å²) in [6.07, 6.45) is 0.186. The highest BCUT2D eigenvalue weighted by Gasteiger charge is 2.39. The van der Waals surface area contributed by atoms with Crippen LogP contribution in [0, 0.1) is 17.0 Å². The van der Waals surface area contributed by atoms with Gasteiger partial charge >= 0.3 is 0 Å². The number of nitrogens with zero attached hydrogens (tertiary/aromatic N) is 4. The van der Waals surface area contributed by atoms with Gasteiger partial charge in [0, 0.05) is 48.5 Å². The zero-order valence-electron chi connectivity index (χ0n) is 13.8. The number of benzene rings is 1. The zero-order valence-corrected chi connectivity index (χ0v) is 13.8. The molecule has 0 bridgehead atoms. The molecule has 2 fully saturated rings. The summed E-state index contributed by atoms with van der Waals surface area (Å²) < 4.78 is 5.92. The van der Waals surface area contributed by atoms with E-state index in [4.69, 9.17) is 4.74 Å². The number of aryl methyl sites for hydroxylation is 1. The molecule has 2 aliphatic rings. The zero-order chi connectivity index (χ0) is 16.8. The number of nitro groups is 1. The van der Waals surface area contributed by atoms with Crippen molar-refractivity contribution in [3.63, 3.8) is 0 Å². The van der Waals surface area contributed by atoms with E-state index in [9.17, 15) is 10.1 Å². The first kappa shape index (κ1) is 15.3. The predicted octanol–water partition coefficient (Wildman–Crippen LogP) is 1.97. The number of pyridine rings is 1. The molecule has 2 aliphatic heterocycles. The van der Waals surface area contributed by atoms with Gasteiger partial charge in [0.2, 0.25) is 0 Å². The van der Waals surface area contributed by atoms with Crippen molar-refractivity contribution in [1.29, 1.82) is 0 Å². The number of aromatic nitrogens is 1. The second-order valence-corrected chi connectivity index (χ2v) is 6.60. The minimum Gasteiger partial charge on any atom is -0.373 e. The van der Waals surface area contributed by atoms with E-state index in [0.29, 0.717) is 6.04 Å². The maximum Gasteiger partial charge on any atom is 0.270 e. The number of rotatable bonds is 2. The lowest BCUT2D eigenvalue weighted by molar-refractivity contribution is -0.384. The summed E-state index contributed by atoms with van der Waals surface area (Å²) in [4.78, 5) is 19.9. The monoisotopic (exact) mass is 328 g/mol. The van der Waals surface area contributed by atoms with Crippen LogP contribution in [0.2, 0.25) is 0 Å². The summed E-state index contributed by atoms with van der Waals surface area (Å²) in [5, 5.41) is 12.0. The number of hydrogen-bond donors (Lipinski definition) is 0. The second-order valence-electron chi connectivity index (χ2n) is 6.60. The molecule has 0 saturated carbocycles. The molecule has 0 amide bonds. The van der Waals surface area contributed by atoms with Crippen LogP contribution in [-0.2, 0) is 4.74 Å². The van der Waals surface area contributed by atoms with Crippen molar-refractivity contribution >= 4 is 22.3 Å². The number of hydrogen-bond acceptors (Lipinski definition) is 6. The third kappa shape index (κ3) is 2.50. The van der Waals surface area contributed by atoms with Crippen LogP contribution in [0.25, 0.3) is 10.9 Å². The van der Waals surface area contributed by atoms with Crippen LogP contribution in [0.15, 0.2) is 24.3 Å². The molecular weight excluding hydrogens is 308 g/mol. The predicted molar refractivity (Wildman–Crippen MR) is 91.5 cm³/mol. The molecule has 1 aromatic heterocycles. The van der Waals surface area contributed by atoms with Crippen molar-refractivity contribution in [1.82, 2.24) is 9.88 Å². The Labute approximate surface area is 140 Å². The Morgan fingerprint density at radius 2 is 2.17 bits per heavy atom. The number of likely N-dealkylation sites (N-methyl/N-ethyl adjacent to an activating group) is 1. The summed E-state index contributed by atoms with van der Waals surface area (Å²) in [6.45, 7) is 5.32. The average Bonchev–Trinajstić information content (AvgIpc) is 2.99. The number of non-ortho nitro benzene ring substituents is 1. The van der Waals surface area contributed by atoms with Crippen molar-refractivity contribution in [3.8, 4) is 0 Å². The van der Waals surface area contributed by atoms with Gasteiger partial charge in [-0.05, 0) is 26.1 Å². The molecular formula is C17H20N4O3. The average molecular weight is 328 g/mol. The second kappa shape index (κ2) is 5.68. The van der Waals surface area contributed by atoms with Gasteiger partial charge in [0.25, 0.3) is 5.69 Å². The van der Waals surface area contributed by atoms with Crippen LogP contribution in [0.3, 0.4) is 0 Å². The lowest BCUT2D eigenvalue weighted by Gasteiger charge is -2.33. The van der Waals surface area contributed by atoms with Crippen molar-refractivity contribution in [3.05, 3.63) is 40.1 Å². The standard InChI is InChI=1S/C17H20N4O3/c1-11-7-15(13-8-12(21(22)23)3-4-14(13)18-11)20-9-16-17(10-20)24-6-5-19(16)2/h3-4,7-8,16-17H,5-6,9-10H2,1-2H3/t16-,17-/m0/s1. The van der Waals surface area contributed by atoms with E-state index in [1.54, 1.807) is 12.1 Å². The minimum absolute atomic E-state index is 0.0967. The Morgan fingerprint density at radius 3 is 2.92 bits per heavy atom. The van der Waals surface area contributed by atoms with Crippen molar-refractivity contribution in [2.24, 2.45) is 0 Å². The van der Waals surface area contributed by atoms with Crippen molar-refractivity contribution in [2.45, 2.75) is 19.1 Å². The molecule has 0 radical (unpaired) electrons. The van der Waals surface area contributed by atoms with E-state index in [0.717, 1.165) is 48.5 Å². The molecule has 3 heterocycles. The molecule has 0 unspecified atom stereocenters. The van der Waals surface area contributed by atoms with Crippen LogP contribution >= 0.6 is 0 Å². The first-order valence-corrected chi connectivity index (χ1v) is 8.15. The van der Waals surface area contributed by atoms with Crippen molar-refractivity contribution in [2.75, 3.05) is 38.2 Å². The van der Waals surface area contributed by atoms with Gasteiger partial charge in [0.05, 0.1) is 29.2 Å². The van der Waals surface area contributed by atoms with Gasteiger partial charge in [0.1, 0.15) is 0 Å². The Bertz CT molecular complexity index is 810. The summed E-state index contributed by atoms with van der Waals surface area (Å²) in [7, 11) is 2.13. The largest absolute Gasteiger partial charge is 0.373 e. The number of nitro benzene ring substituents is 1. The number of ether oxygens (including phenoxy) is 1. The van der Waals surface area contributed by atoms with E-state index in [1.807, 2.05) is 13.0 Å². The fraction of sp³-hybridized carbons (Fsp3) is 0.471. The molecule has 2 atom stereocenters. The summed E-state index contributed by atoms with van der Waals surface area (Å²) in [6, 6.07) is 7.25. The van der Waals surface area contributed by atoms with Gasteiger partial charge in [-0.1, -0.05) is 0 Å². The topological polar surface area (TPSA) is 71.7 Å². The maximum absolute atomic E-state index is 11.1. The molecule has 7 nitrogen and oxygen atoms in total. The molecule has 0 aliphatic carbocycles. The smallest absolute Gasteiger partial charge is 0.270 e. The summed E-state index contributed by atoms with van der Waals surface area (Å²) >= 11 is 0. The van der Waals surface area contributed by atoms with Crippen LogP contribution in [0.5, 0.6) is 0 Å². The lowest BCUT2D eigenvalue weighted by Crippen LogP contribution is -2.48. The first-order chi connectivity index (χ1) is 11.5. The quantitative estimate of drug-likeness (QED) is 0.620. The van der Waals surface area contributed by atoms with Gasteiger partial charge in [-0.15, -0.1) is 0 Å². The fourth-order valence-electron chi connectivity index (χ4n) is 3.75. The van der Waals surface area contributed by atoms with E-state index in [2.05, 4.69) is 21.8 Å². The molecule has 2 aromatic rings. The van der Waals surface area contributed by atoms with Crippen LogP contribution in [0.4, 0.5) is 11.4 Å². The lowest BCUT2D eigenvalue weighted by atomic mass is 10.1. The summed E-state index contributed by atoms with van der Waals surface area (Å²) in [5.41, 5.74) is 2.81. The first-order valence-electron chi connectivity index (χ1n) is 8.15. The summed E-state index contributed by atoms with van der Waals surface area (Å²) in [5.74, 6) is 0. The van der Waals surface area contributed by atoms with Gasteiger partial charge < -0.3 is 9.64 Å². The fourth-order valence-corrected chi connectivity index (χ4v) is 3.75. The van der Waals surface area contributed by atoms with Gasteiger partial charge in [-0.2, -0.15) is 0 Å². The molecule has 126 valence electrons. The molecule has 0 N–H and O–H groups in total. The van der Waals surface area contributed by atoms with Crippen LogP contribution < -0.4 is 4.90 Å². The Balaban J connectivity index is 1.78. The SMILES string of the molecule is Cc1cc(N2C[C@@H]3OCCN(C)[C@H]3C2)c2cc([N+](=O)[O-])ccc2n1. The molecule has 1 aromatic carbocycles. The van der Waals surface area contributed by atoms with E-state index >= 15 is 0 Å². The van der Waals surface area contributed by atoms with E-state index in [-0.39, 0.29) is 16.7 Å². The van der Waals surface area contributed by atoms with E-state index < -0.39 is 0 Å². The number of morpholine rings is 1. The molecule has 24 heavy (non-hydrogen) atoms. The maximum atomic E-state index is 11.1. The Hall–Kier alpha value is -2.25. The van der Waals surface area contributed by atoms with Gasteiger partial charge in [0.15, 0.2) is 0 Å². The van der Waals surface area contributed by atoms with Crippen molar-refractivity contribution < 1.29 is 9.66 Å². The van der Waals surface area contributed by atoms with Gasteiger partial charge in [-0.25, -0.2) is 0 Å². The normalized spacial score (nSPS) is 24.3. The van der Waals surface area contributed by atoms with Gasteiger partial charge in [-0.3, -0.25) is 20.0 Å². The highest BCUT2D eigenvalue weighted by molar-refractivity contribution is 5.93. The molecule has 7 heteroatoms.